The predicted molar refractivity (Wildman–Crippen MR) is 77.2 cm³/mol. The van der Waals surface area contributed by atoms with Crippen molar-refractivity contribution in [2.24, 2.45) is 5.92 Å². The number of benzene rings is 1. The predicted octanol–water partition coefficient (Wildman–Crippen LogP) is 3.54. The molecule has 1 amide bonds. The van der Waals surface area contributed by atoms with E-state index in [0.717, 1.165) is 10.9 Å². The molecule has 0 aliphatic heterocycles. The van der Waals surface area contributed by atoms with E-state index in [1.807, 2.05) is 0 Å². The van der Waals surface area contributed by atoms with E-state index in [4.69, 9.17) is 11.6 Å². The van der Waals surface area contributed by atoms with Gasteiger partial charge in [-0.1, -0.05) is 29.8 Å². The second kappa shape index (κ2) is 7.00. The molecule has 1 unspecified atom stereocenters. The Morgan fingerprint density at radius 1 is 1.50 bits per heavy atom. The molecule has 0 aromatic heterocycles. The molecule has 5 heteroatoms. The minimum atomic E-state index is -0.316. The SMILES string of the molecule is CC(C)CC(Cl)CNC(=O)c1cc(Br)ccc1O. The molecule has 0 spiro atoms. The van der Waals surface area contributed by atoms with Crippen LogP contribution in [-0.4, -0.2) is 22.9 Å². The van der Waals surface area contributed by atoms with Crippen molar-refractivity contribution in [3.63, 3.8) is 0 Å². The van der Waals surface area contributed by atoms with Crippen LogP contribution < -0.4 is 5.32 Å². The highest BCUT2D eigenvalue weighted by atomic mass is 79.9. The summed E-state index contributed by atoms with van der Waals surface area (Å²) in [4.78, 5) is 11.9. The first-order valence-electron chi connectivity index (χ1n) is 5.81. The molecule has 0 fully saturated rings. The number of aromatic hydroxyl groups is 1. The van der Waals surface area contributed by atoms with Crippen LogP contribution in [0.25, 0.3) is 0 Å². The van der Waals surface area contributed by atoms with Crippen LogP contribution >= 0.6 is 27.5 Å². The van der Waals surface area contributed by atoms with Gasteiger partial charge in [-0.05, 0) is 30.5 Å². The summed E-state index contributed by atoms with van der Waals surface area (Å²) >= 11 is 9.35. The Labute approximate surface area is 121 Å². The molecule has 0 saturated heterocycles. The van der Waals surface area contributed by atoms with Crippen LogP contribution in [0.4, 0.5) is 0 Å². The van der Waals surface area contributed by atoms with Gasteiger partial charge in [0, 0.05) is 11.0 Å². The summed E-state index contributed by atoms with van der Waals surface area (Å²) in [5.41, 5.74) is 0.248. The molecule has 1 aromatic rings. The number of carbonyl (C=O) groups excluding carboxylic acids is 1. The number of nitrogens with one attached hydrogen (secondary N) is 1. The van der Waals surface area contributed by atoms with E-state index < -0.39 is 0 Å². The van der Waals surface area contributed by atoms with Gasteiger partial charge in [-0.3, -0.25) is 4.79 Å². The molecule has 0 bridgehead atoms. The van der Waals surface area contributed by atoms with Crippen LogP contribution in [0.1, 0.15) is 30.6 Å². The Bertz CT molecular complexity index is 423. The smallest absolute Gasteiger partial charge is 0.255 e. The van der Waals surface area contributed by atoms with E-state index in [1.54, 1.807) is 12.1 Å². The fraction of sp³-hybridized carbons (Fsp3) is 0.462. The lowest BCUT2D eigenvalue weighted by molar-refractivity contribution is 0.0950. The lowest BCUT2D eigenvalue weighted by Gasteiger charge is -2.13. The molecule has 18 heavy (non-hydrogen) atoms. The summed E-state index contributed by atoms with van der Waals surface area (Å²) in [6.07, 6.45) is 0.840. The minimum absolute atomic E-state index is 0.0364. The number of hydrogen-bond acceptors (Lipinski definition) is 2. The Hall–Kier alpha value is -0.740. The van der Waals surface area contributed by atoms with Crippen LogP contribution in [0.5, 0.6) is 5.75 Å². The second-order valence-electron chi connectivity index (χ2n) is 4.60. The summed E-state index contributed by atoms with van der Waals surface area (Å²) in [5, 5.41) is 12.2. The monoisotopic (exact) mass is 333 g/mol. The molecule has 1 aromatic carbocycles. The van der Waals surface area contributed by atoms with Gasteiger partial charge in [0.15, 0.2) is 0 Å². The quantitative estimate of drug-likeness (QED) is 0.809. The first-order chi connectivity index (χ1) is 8.40. The first-order valence-corrected chi connectivity index (χ1v) is 7.04. The van der Waals surface area contributed by atoms with Gasteiger partial charge in [0.1, 0.15) is 5.75 Å². The first kappa shape index (κ1) is 15.3. The van der Waals surface area contributed by atoms with Crippen molar-refractivity contribution in [3.8, 4) is 5.75 Å². The van der Waals surface area contributed by atoms with E-state index in [0.29, 0.717) is 12.5 Å². The van der Waals surface area contributed by atoms with E-state index in [2.05, 4.69) is 35.1 Å². The number of phenols is 1. The third kappa shape index (κ3) is 4.86. The van der Waals surface area contributed by atoms with Crippen LogP contribution in [0.2, 0.25) is 0 Å². The van der Waals surface area contributed by atoms with Crippen molar-refractivity contribution in [2.75, 3.05) is 6.54 Å². The topological polar surface area (TPSA) is 49.3 Å². The van der Waals surface area contributed by atoms with Crippen molar-refractivity contribution in [2.45, 2.75) is 25.6 Å². The highest BCUT2D eigenvalue weighted by Gasteiger charge is 2.13. The fourth-order valence-electron chi connectivity index (χ4n) is 1.58. The lowest BCUT2D eigenvalue weighted by Crippen LogP contribution is -2.30. The molecule has 1 atom stereocenters. The summed E-state index contributed by atoms with van der Waals surface area (Å²) in [5.74, 6) is 0.137. The maximum atomic E-state index is 11.9. The van der Waals surface area contributed by atoms with Crippen LogP contribution in [-0.2, 0) is 0 Å². The number of amides is 1. The average molecular weight is 335 g/mol. The van der Waals surface area contributed by atoms with Crippen LogP contribution in [0.15, 0.2) is 22.7 Å². The van der Waals surface area contributed by atoms with Crippen molar-refractivity contribution >= 4 is 33.4 Å². The molecule has 1 rings (SSSR count). The Kier molecular flexibility index (Phi) is 5.96. The number of hydrogen-bond donors (Lipinski definition) is 2. The molecule has 0 saturated carbocycles. The average Bonchev–Trinajstić information content (AvgIpc) is 2.28. The molecule has 2 N–H and O–H groups in total. The molecule has 0 aliphatic carbocycles. The molecule has 0 aliphatic rings. The number of rotatable bonds is 5. The van der Waals surface area contributed by atoms with Gasteiger partial charge in [0.05, 0.1) is 10.9 Å². The Morgan fingerprint density at radius 2 is 2.17 bits per heavy atom. The molecule has 3 nitrogen and oxygen atoms in total. The second-order valence-corrected chi connectivity index (χ2v) is 6.13. The highest BCUT2D eigenvalue weighted by Crippen LogP contribution is 2.21. The summed E-state index contributed by atoms with van der Waals surface area (Å²) in [6.45, 7) is 4.55. The van der Waals surface area contributed by atoms with Gasteiger partial charge < -0.3 is 10.4 Å². The van der Waals surface area contributed by atoms with E-state index in [1.165, 1.54) is 6.07 Å². The van der Waals surface area contributed by atoms with Gasteiger partial charge in [-0.25, -0.2) is 0 Å². The van der Waals surface area contributed by atoms with Gasteiger partial charge >= 0.3 is 0 Å². The maximum absolute atomic E-state index is 11.9. The Balaban J connectivity index is 2.58. The third-order valence-corrected chi connectivity index (χ3v) is 3.24. The van der Waals surface area contributed by atoms with Crippen LogP contribution in [0, 0.1) is 5.92 Å². The van der Waals surface area contributed by atoms with Gasteiger partial charge in [0.2, 0.25) is 0 Å². The molecular weight excluding hydrogens is 318 g/mol. The molecular formula is C13H17BrClNO2. The van der Waals surface area contributed by atoms with Gasteiger partial charge in [-0.2, -0.15) is 0 Å². The van der Waals surface area contributed by atoms with Crippen molar-refractivity contribution < 1.29 is 9.90 Å². The van der Waals surface area contributed by atoms with E-state index >= 15 is 0 Å². The maximum Gasteiger partial charge on any atom is 0.255 e. The number of phenolic OH excluding ortho intramolecular Hbond substituents is 1. The van der Waals surface area contributed by atoms with Crippen LogP contribution in [0.3, 0.4) is 0 Å². The van der Waals surface area contributed by atoms with Crippen molar-refractivity contribution in [3.05, 3.63) is 28.2 Å². The van der Waals surface area contributed by atoms with E-state index in [9.17, 15) is 9.90 Å². The van der Waals surface area contributed by atoms with Crippen molar-refractivity contribution in [1.82, 2.24) is 5.32 Å². The summed E-state index contributed by atoms with van der Waals surface area (Å²) in [7, 11) is 0. The zero-order valence-electron chi connectivity index (χ0n) is 10.4. The zero-order valence-corrected chi connectivity index (χ0v) is 12.8. The molecule has 100 valence electrons. The number of alkyl halides is 1. The molecule has 0 heterocycles. The highest BCUT2D eigenvalue weighted by molar-refractivity contribution is 9.10. The standard InChI is InChI=1S/C13H17BrClNO2/c1-8(2)5-10(15)7-16-13(18)11-6-9(14)3-4-12(11)17/h3-4,6,8,10,17H,5,7H2,1-2H3,(H,16,18). The number of halogens is 2. The summed E-state index contributed by atoms with van der Waals surface area (Å²) in [6, 6.07) is 4.73. The molecule has 0 radical (unpaired) electrons. The number of carbonyl (C=O) groups is 1. The Morgan fingerprint density at radius 3 is 2.78 bits per heavy atom. The largest absolute Gasteiger partial charge is 0.507 e. The third-order valence-electron chi connectivity index (χ3n) is 2.41. The fourth-order valence-corrected chi connectivity index (χ4v) is 2.38. The van der Waals surface area contributed by atoms with Gasteiger partial charge in [0.25, 0.3) is 5.91 Å². The van der Waals surface area contributed by atoms with Crippen molar-refractivity contribution in [1.29, 1.82) is 0 Å². The zero-order chi connectivity index (χ0) is 13.7. The van der Waals surface area contributed by atoms with E-state index in [-0.39, 0.29) is 22.6 Å². The minimum Gasteiger partial charge on any atom is -0.507 e. The van der Waals surface area contributed by atoms with Gasteiger partial charge in [-0.15, -0.1) is 11.6 Å². The normalized spacial score (nSPS) is 12.5. The lowest BCUT2D eigenvalue weighted by atomic mass is 10.1. The summed E-state index contributed by atoms with van der Waals surface area (Å²) < 4.78 is 0.745.